The van der Waals surface area contributed by atoms with Crippen LogP contribution in [0, 0.1) is 5.82 Å². The molecule has 2 aromatic carbocycles. The fourth-order valence-electron chi connectivity index (χ4n) is 4.79. The van der Waals surface area contributed by atoms with Crippen LogP contribution < -0.4 is 5.32 Å². The lowest BCUT2D eigenvalue weighted by Crippen LogP contribution is -2.35. The number of carbonyl (C=O) groups is 2. The molecule has 7 heteroatoms. The van der Waals surface area contributed by atoms with Crippen molar-refractivity contribution in [3.05, 3.63) is 95.6 Å². The summed E-state index contributed by atoms with van der Waals surface area (Å²) in [7, 11) is 1.82. The highest BCUT2D eigenvalue weighted by Crippen LogP contribution is 2.42. The predicted molar refractivity (Wildman–Crippen MR) is 138 cm³/mol. The zero-order chi connectivity index (χ0) is 25.4. The van der Waals surface area contributed by atoms with Crippen LogP contribution in [-0.4, -0.2) is 40.3 Å². The van der Waals surface area contributed by atoms with Gasteiger partial charge < -0.3 is 15.2 Å². The Morgan fingerprint density at radius 2 is 1.81 bits per heavy atom. The molecule has 4 aromatic rings. The van der Waals surface area contributed by atoms with Gasteiger partial charge in [0.25, 0.3) is 5.91 Å². The molecular weight excluding hydrogens is 455 g/mol. The summed E-state index contributed by atoms with van der Waals surface area (Å²) >= 11 is 0. The normalized spacial score (nSPS) is 15.9. The number of H-pyrrole nitrogens is 1. The maximum absolute atomic E-state index is 13.3. The second-order valence-corrected chi connectivity index (χ2v) is 9.31. The lowest BCUT2D eigenvalue weighted by molar-refractivity contribution is -0.117. The second-order valence-electron chi connectivity index (χ2n) is 9.31. The van der Waals surface area contributed by atoms with Crippen LogP contribution in [0.15, 0.2) is 72.9 Å². The zero-order valence-electron chi connectivity index (χ0n) is 20.4. The largest absolute Gasteiger partial charge is 0.357 e. The maximum atomic E-state index is 13.3. The quantitative estimate of drug-likeness (QED) is 0.377. The molecule has 2 amide bonds. The predicted octanol–water partition coefficient (Wildman–Crippen LogP) is 5.81. The number of anilines is 1. The van der Waals surface area contributed by atoms with Crippen molar-refractivity contribution in [2.45, 2.75) is 25.7 Å². The van der Waals surface area contributed by atoms with Gasteiger partial charge in [-0.2, -0.15) is 0 Å². The van der Waals surface area contributed by atoms with Gasteiger partial charge in [-0.3, -0.25) is 9.59 Å². The lowest BCUT2D eigenvalue weighted by Gasteiger charge is -2.28. The minimum Gasteiger partial charge on any atom is -0.357 e. The summed E-state index contributed by atoms with van der Waals surface area (Å²) in [6, 6.07) is 19.4. The summed E-state index contributed by atoms with van der Waals surface area (Å²) in [5.41, 5.74) is 5.72. The number of aromatic amines is 1. The Balaban J connectivity index is 1.53. The molecule has 2 unspecified atom stereocenters. The van der Waals surface area contributed by atoms with Gasteiger partial charge in [0.1, 0.15) is 11.6 Å². The highest BCUT2D eigenvalue weighted by molar-refractivity contribution is 6.07. The van der Waals surface area contributed by atoms with Gasteiger partial charge in [-0.1, -0.05) is 49.4 Å². The third-order valence-electron chi connectivity index (χ3n) is 6.76. The number of amides is 2. The van der Waals surface area contributed by atoms with E-state index in [0.717, 1.165) is 28.1 Å². The molecule has 0 bridgehead atoms. The molecule has 6 nitrogen and oxygen atoms in total. The van der Waals surface area contributed by atoms with E-state index in [1.54, 1.807) is 36.2 Å². The number of pyridine rings is 1. The number of benzene rings is 2. The highest BCUT2D eigenvalue weighted by atomic mass is 19.1. The van der Waals surface area contributed by atoms with E-state index in [1.807, 2.05) is 43.4 Å². The van der Waals surface area contributed by atoms with Crippen LogP contribution in [0.2, 0.25) is 0 Å². The van der Waals surface area contributed by atoms with Crippen molar-refractivity contribution in [1.82, 2.24) is 14.9 Å². The van der Waals surface area contributed by atoms with Crippen LogP contribution in [0.1, 0.15) is 47.3 Å². The number of likely N-dealkylation sites (N-methyl/N-ethyl adjacent to an activating group) is 1. The third kappa shape index (κ3) is 4.28. The zero-order valence-corrected chi connectivity index (χ0v) is 20.4. The van der Waals surface area contributed by atoms with Crippen molar-refractivity contribution in [2.75, 3.05) is 18.9 Å². The maximum Gasteiger partial charge on any atom is 0.256 e. The molecule has 2 N–H and O–H groups in total. The van der Waals surface area contributed by atoms with E-state index in [2.05, 4.69) is 22.2 Å². The first kappa shape index (κ1) is 23.5. The molecule has 5 rings (SSSR count). The Bertz CT molecular complexity index is 1430. The number of rotatable bonds is 5. The van der Waals surface area contributed by atoms with Crippen LogP contribution in [0.5, 0.6) is 0 Å². The molecule has 0 radical (unpaired) electrons. The fourth-order valence-corrected chi connectivity index (χ4v) is 4.79. The van der Waals surface area contributed by atoms with Gasteiger partial charge in [0, 0.05) is 42.5 Å². The van der Waals surface area contributed by atoms with E-state index in [4.69, 9.17) is 0 Å². The van der Waals surface area contributed by atoms with Crippen molar-refractivity contribution < 1.29 is 14.0 Å². The van der Waals surface area contributed by atoms with Crippen LogP contribution in [0.3, 0.4) is 0 Å². The summed E-state index contributed by atoms with van der Waals surface area (Å²) in [5, 5.41) is 2.88. The van der Waals surface area contributed by atoms with Crippen molar-refractivity contribution in [3.63, 3.8) is 0 Å². The number of hydrogen-bond acceptors (Lipinski definition) is 3. The lowest BCUT2D eigenvalue weighted by atomic mass is 9.91. The molecule has 0 fully saturated rings. The smallest absolute Gasteiger partial charge is 0.256 e. The highest BCUT2D eigenvalue weighted by Gasteiger charge is 2.34. The van der Waals surface area contributed by atoms with E-state index < -0.39 is 5.92 Å². The van der Waals surface area contributed by atoms with Crippen molar-refractivity contribution in [1.29, 1.82) is 0 Å². The van der Waals surface area contributed by atoms with Crippen LogP contribution in [-0.2, 0) is 4.79 Å². The monoisotopic (exact) mass is 482 g/mol. The standard InChI is InChI=1S/C29H27FN4O2/c1-17-16-34(3)29(36)25-24(20-7-5-4-6-8-20)27(33-26(17)25)21-13-14-31-23(15-21)32-28(35)18(2)19-9-11-22(30)12-10-19/h4-15,17-18,33H,16H2,1-3H3,(H,31,32,35). The number of carbonyl (C=O) groups excluding carboxylic acids is 2. The van der Waals surface area contributed by atoms with Gasteiger partial charge >= 0.3 is 0 Å². The molecule has 2 atom stereocenters. The van der Waals surface area contributed by atoms with Gasteiger partial charge in [-0.15, -0.1) is 0 Å². The SMILES string of the molecule is CC1CN(C)C(=O)c2c1[nH]c(-c1ccnc(NC(=O)C(C)c3ccc(F)cc3)c1)c2-c1ccccc1. The Hall–Kier alpha value is -4.26. The summed E-state index contributed by atoms with van der Waals surface area (Å²) in [5.74, 6) is -0.540. The van der Waals surface area contributed by atoms with E-state index in [0.29, 0.717) is 23.5 Å². The van der Waals surface area contributed by atoms with E-state index in [9.17, 15) is 14.0 Å². The van der Waals surface area contributed by atoms with Gasteiger partial charge in [0.05, 0.1) is 17.2 Å². The Kier molecular flexibility index (Phi) is 6.14. The molecule has 182 valence electrons. The van der Waals surface area contributed by atoms with Gasteiger partial charge in [0.15, 0.2) is 0 Å². The van der Waals surface area contributed by atoms with E-state index in [1.165, 1.54) is 12.1 Å². The fraction of sp³-hybridized carbons (Fsp3) is 0.207. The number of hydrogen-bond donors (Lipinski definition) is 2. The van der Waals surface area contributed by atoms with Crippen molar-refractivity contribution in [3.8, 4) is 22.4 Å². The van der Waals surface area contributed by atoms with Gasteiger partial charge in [-0.05, 0) is 42.3 Å². The first-order valence-electron chi connectivity index (χ1n) is 11.9. The number of nitrogens with one attached hydrogen (secondary N) is 2. The molecule has 2 aromatic heterocycles. The minimum atomic E-state index is -0.484. The number of halogens is 1. The summed E-state index contributed by atoms with van der Waals surface area (Å²) in [6.07, 6.45) is 1.64. The molecule has 0 saturated carbocycles. The molecule has 0 saturated heterocycles. The minimum absolute atomic E-state index is 0.0137. The van der Waals surface area contributed by atoms with Crippen molar-refractivity contribution >= 4 is 17.6 Å². The Morgan fingerprint density at radius 3 is 2.53 bits per heavy atom. The average molecular weight is 483 g/mol. The van der Waals surface area contributed by atoms with Gasteiger partial charge in [0.2, 0.25) is 5.91 Å². The number of aromatic nitrogens is 2. The van der Waals surface area contributed by atoms with Crippen LogP contribution in [0.25, 0.3) is 22.4 Å². The molecule has 1 aliphatic rings. The second kappa shape index (κ2) is 9.41. The average Bonchev–Trinajstić information content (AvgIpc) is 3.30. The van der Waals surface area contributed by atoms with Crippen LogP contribution >= 0.6 is 0 Å². The third-order valence-corrected chi connectivity index (χ3v) is 6.76. The topological polar surface area (TPSA) is 78.1 Å². The Morgan fingerprint density at radius 1 is 1.08 bits per heavy atom. The number of nitrogens with zero attached hydrogens (tertiary/aromatic N) is 2. The summed E-state index contributed by atoms with van der Waals surface area (Å²) < 4.78 is 13.3. The molecule has 36 heavy (non-hydrogen) atoms. The molecule has 1 aliphatic heterocycles. The first-order chi connectivity index (χ1) is 17.3. The molecule has 3 heterocycles. The summed E-state index contributed by atoms with van der Waals surface area (Å²) in [6.45, 7) is 4.51. The first-order valence-corrected chi connectivity index (χ1v) is 11.9. The molecule has 0 aliphatic carbocycles. The number of fused-ring (bicyclic) bond motifs is 1. The van der Waals surface area contributed by atoms with Crippen LogP contribution in [0.4, 0.5) is 10.2 Å². The molecular formula is C29H27FN4O2. The summed E-state index contributed by atoms with van der Waals surface area (Å²) in [4.78, 5) is 35.8. The van der Waals surface area contributed by atoms with E-state index >= 15 is 0 Å². The van der Waals surface area contributed by atoms with Gasteiger partial charge in [-0.25, -0.2) is 9.37 Å². The van der Waals surface area contributed by atoms with E-state index in [-0.39, 0.29) is 23.5 Å². The molecule has 0 spiro atoms. The van der Waals surface area contributed by atoms with Crippen molar-refractivity contribution in [2.24, 2.45) is 0 Å². The Labute approximate surface area is 209 Å².